The molecule has 0 bridgehead atoms. The maximum atomic E-state index is 11.6. The van der Waals surface area contributed by atoms with E-state index in [4.69, 9.17) is 4.74 Å². The van der Waals surface area contributed by atoms with Crippen molar-refractivity contribution in [1.82, 2.24) is 10.2 Å². The molecule has 0 spiro atoms. The molecule has 0 aliphatic heterocycles. The molecular formula is C14H17N3O4S. The topological polar surface area (TPSA) is 101 Å². The van der Waals surface area contributed by atoms with Gasteiger partial charge in [0.2, 0.25) is 5.91 Å². The van der Waals surface area contributed by atoms with Gasteiger partial charge in [0.1, 0.15) is 5.75 Å². The van der Waals surface area contributed by atoms with E-state index in [9.17, 15) is 13.2 Å². The van der Waals surface area contributed by atoms with E-state index in [1.54, 1.807) is 18.3 Å². The Morgan fingerprint density at radius 2 is 2.05 bits per heavy atom. The van der Waals surface area contributed by atoms with Gasteiger partial charge in [-0.05, 0) is 30.7 Å². The van der Waals surface area contributed by atoms with E-state index >= 15 is 0 Å². The van der Waals surface area contributed by atoms with Crippen molar-refractivity contribution >= 4 is 21.4 Å². The number of nitrogens with one attached hydrogen (secondary N) is 2. The fourth-order valence-electron chi connectivity index (χ4n) is 1.75. The molecule has 7 nitrogen and oxygen atoms in total. The van der Waals surface area contributed by atoms with Gasteiger partial charge < -0.3 is 10.1 Å². The second-order valence-electron chi connectivity index (χ2n) is 4.73. The quantitative estimate of drug-likeness (QED) is 0.754. The summed E-state index contributed by atoms with van der Waals surface area (Å²) < 4.78 is 28.1. The average Bonchev–Trinajstić information content (AvgIpc) is 2.96. The Labute approximate surface area is 128 Å². The zero-order chi connectivity index (χ0) is 16.0. The van der Waals surface area contributed by atoms with Gasteiger partial charge in [0, 0.05) is 18.9 Å². The fourth-order valence-corrected chi connectivity index (χ4v) is 2.38. The van der Waals surface area contributed by atoms with Crippen LogP contribution in [0.2, 0.25) is 0 Å². The second kappa shape index (κ2) is 7.08. The molecule has 1 amide bonds. The lowest BCUT2D eigenvalue weighted by Crippen LogP contribution is -2.12. The lowest BCUT2D eigenvalue weighted by atomic mass is 10.3. The summed E-state index contributed by atoms with van der Waals surface area (Å²) in [6, 6.07) is 6.19. The van der Waals surface area contributed by atoms with Crippen molar-refractivity contribution in [3.63, 3.8) is 0 Å². The van der Waals surface area contributed by atoms with E-state index in [2.05, 4.69) is 15.5 Å². The van der Waals surface area contributed by atoms with Crippen molar-refractivity contribution in [2.75, 3.05) is 18.2 Å². The molecule has 22 heavy (non-hydrogen) atoms. The average molecular weight is 323 g/mol. The molecule has 0 fully saturated rings. The highest BCUT2D eigenvalue weighted by molar-refractivity contribution is 7.90. The molecule has 0 aliphatic rings. The maximum absolute atomic E-state index is 11.6. The third-order valence-electron chi connectivity index (χ3n) is 2.85. The minimum absolute atomic E-state index is 0.113. The van der Waals surface area contributed by atoms with E-state index in [0.29, 0.717) is 30.9 Å². The highest BCUT2D eigenvalue weighted by Crippen LogP contribution is 2.16. The normalized spacial score (nSPS) is 11.1. The van der Waals surface area contributed by atoms with Crippen LogP contribution in [0.25, 0.3) is 0 Å². The van der Waals surface area contributed by atoms with Crippen LogP contribution in [-0.4, -0.2) is 37.4 Å². The van der Waals surface area contributed by atoms with Gasteiger partial charge in [0.15, 0.2) is 9.84 Å². The summed E-state index contributed by atoms with van der Waals surface area (Å²) in [6.07, 6.45) is 5.15. The number of hydrogen-bond acceptors (Lipinski definition) is 5. The molecule has 118 valence electrons. The molecule has 1 aromatic heterocycles. The number of H-pyrrole nitrogens is 1. The summed E-state index contributed by atoms with van der Waals surface area (Å²) in [4.78, 5) is 11.9. The molecule has 1 aromatic carbocycles. The first-order chi connectivity index (χ1) is 10.4. The Balaban J connectivity index is 1.71. The number of aromatic amines is 1. The standard InChI is InChI=1S/C14H17N3O4S/c1-22(19,20)13-6-4-12(5-7-13)21-8-2-3-14(18)17-11-9-15-16-10-11/h4-7,9-10H,2-3,8H2,1H3,(H,15,16)(H,17,18). The van der Waals surface area contributed by atoms with Crippen LogP contribution in [-0.2, 0) is 14.6 Å². The zero-order valence-corrected chi connectivity index (χ0v) is 12.9. The van der Waals surface area contributed by atoms with E-state index in [1.165, 1.54) is 18.3 Å². The van der Waals surface area contributed by atoms with Gasteiger partial charge in [0.05, 0.1) is 23.4 Å². The predicted octanol–water partition coefficient (Wildman–Crippen LogP) is 1.61. The summed E-state index contributed by atoms with van der Waals surface area (Å²) in [5.41, 5.74) is 0.627. The van der Waals surface area contributed by atoms with Gasteiger partial charge >= 0.3 is 0 Å². The maximum Gasteiger partial charge on any atom is 0.224 e. The Morgan fingerprint density at radius 3 is 2.64 bits per heavy atom. The molecule has 2 aromatic rings. The molecule has 0 unspecified atom stereocenters. The van der Waals surface area contributed by atoms with Gasteiger partial charge in [-0.2, -0.15) is 5.10 Å². The van der Waals surface area contributed by atoms with Gasteiger partial charge in [-0.25, -0.2) is 8.42 Å². The Bertz CT molecular complexity index is 709. The number of carbonyl (C=O) groups is 1. The Kier molecular flexibility index (Phi) is 5.16. The lowest BCUT2D eigenvalue weighted by molar-refractivity contribution is -0.116. The number of hydrogen-bond donors (Lipinski definition) is 2. The molecule has 0 aliphatic carbocycles. The van der Waals surface area contributed by atoms with Crippen LogP contribution in [0.15, 0.2) is 41.6 Å². The van der Waals surface area contributed by atoms with Gasteiger partial charge in [-0.15, -0.1) is 0 Å². The first-order valence-electron chi connectivity index (χ1n) is 6.67. The molecule has 0 radical (unpaired) electrons. The number of aromatic nitrogens is 2. The fraction of sp³-hybridized carbons (Fsp3) is 0.286. The van der Waals surface area contributed by atoms with Gasteiger partial charge in [-0.3, -0.25) is 9.89 Å². The summed E-state index contributed by atoms with van der Waals surface area (Å²) >= 11 is 0. The highest BCUT2D eigenvalue weighted by atomic mass is 32.2. The van der Waals surface area contributed by atoms with Gasteiger partial charge in [0.25, 0.3) is 0 Å². The SMILES string of the molecule is CS(=O)(=O)c1ccc(OCCCC(=O)Nc2cn[nH]c2)cc1. The molecule has 2 N–H and O–H groups in total. The van der Waals surface area contributed by atoms with Crippen molar-refractivity contribution in [2.24, 2.45) is 0 Å². The minimum Gasteiger partial charge on any atom is -0.494 e. The number of carbonyl (C=O) groups excluding carboxylic acids is 1. The number of sulfone groups is 1. The molecular weight excluding hydrogens is 306 g/mol. The third-order valence-corrected chi connectivity index (χ3v) is 3.98. The van der Waals surface area contributed by atoms with Crippen LogP contribution in [0.5, 0.6) is 5.75 Å². The minimum atomic E-state index is -3.20. The molecule has 0 saturated carbocycles. The van der Waals surface area contributed by atoms with Crippen molar-refractivity contribution in [3.8, 4) is 5.75 Å². The number of ether oxygens (including phenoxy) is 1. The summed E-state index contributed by atoms with van der Waals surface area (Å²) in [5, 5.41) is 9.02. The summed E-state index contributed by atoms with van der Waals surface area (Å²) in [5.74, 6) is 0.458. The third kappa shape index (κ3) is 4.88. The predicted molar refractivity (Wildman–Crippen MR) is 81.5 cm³/mol. The van der Waals surface area contributed by atoms with Crippen LogP contribution >= 0.6 is 0 Å². The van der Waals surface area contributed by atoms with Crippen molar-refractivity contribution in [1.29, 1.82) is 0 Å². The Morgan fingerprint density at radius 1 is 1.32 bits per heavy atom. The van der Waals surface area contributed by atoms with E-state index in [-0.39, 0.29) is 10.8 Å². The number of benzene rings is 1. The van der Waals surface area contributed by atoms with Crippen molar-refractivity contribution in [3.05, 3.63) is 36.7 Å². The smallest absolute Gasteiger partial charge is 0.224 e. The van der Waals surface area contributed by atoms with Crippen molar-refractivity contribution in [2.45, 2.75) is 17.7 Å². The molecule has 0 saturated heterocycles. The van der Waals surface area contributed by atoms with Crippen LogP contribution < -0.4 is 10.1 Å². The largest absolute Gasteiger partial charge is 0.494 e. The Hall–Kier alpha value is -2.35. The molecule has 8 heteroatoms. The first-order valence-corrected chi connectivity index (χ1v) is 8.56. The monoisotopic (exact) mass is 323 g/mol. The van der Waals surface area contributed by atoms with Crippen LogP contribution in [0.4, 0.5) is 5.69 Å². The van der Waals surface area contributed by atoms with E-state index < -0.39 is 9.84 Å². The number of rotatable bonds is 7. The van der Waals surface area contributed by atoms with Crippen LogP contribution in [0.1, 0.15) is 12.8 Å². The number of nitrogens with zero attached hydrogens (tertiary/aromatic N) is 1. The molecule has 2 rings (SSSR count). The van der Waals surface area contributed by atoms with Gasteiger partial charge in [-0.1, -0.05) is 0 Å². The zero-order valence-electron chi connectivity index (χ0n) is 12.1. The summed E-state index contributed by atoms with van der Waals surface area (Å²) in [7, 11) is -3.20. The number of anilines is 1. The first kappa shape index (κ1) is 16.0. The second-order valence-corrected chi connectivity index (χ2v) is 6.75. The molecule has 1 heterocycles. The van der Waals surface area contributed by atoms with E-state index in [0.717, 1.165) is 6.26 Å². The number of amides is 1. The van der Waals surface area contributed by atoms with E-state index in [1.807, 2.05) is 0 Å². The van der Waals surface area contributed by atoms with Crippen LogP contribution in [0, 0.1) is 0 Å². The lowest BCUT2D eigenvalue weighted by Gasteiger charge is -2.07. The van der Waals surface area contributed by atoms with Crippen molar-refractivity contribution < 1.29 is 17.9 Å². The molecule has 0 atom stereocenters. The van der Waals surface area contributed by atoms with Crippen LogP contribution in [0.3, 0.4) is 0 Å². The highest BCUT2D eigenvalue weighted by Gasteiger charge is 2.07. The summed E-state index contributed by atoms with van der Waals surface area (Å²) in [6.45, 7) is 0.372.